The summed E-state index contributed by atoms with van der Waals surface area (Å²) in [6.45, 7) is 7.17. The van der Waals surface area contributed by atoms with Gasteiger partial charge in [-0.15, -0.1) is 0 Å². The highest BCUT2D eigenvalue weighted by molar-refractivity contribution is 5.84. The summed E-state index contributed by atoms with van der Waals surface area (Å²) >= 11 is 0. The number of likely N-dealkylation sites (N-methyl/N-ethyl adjacent to an activating group) is 1. The highest BCUT2D eigenvalue weighted by Gasteiger charge is 2.41. The van der Waals surface area contributed by atoms with Crippen LogP contribution in [-0.4, -0.2) is 63.9 Å². The second-order valence-corrected chi connectivity index (χ2v) is 9.13. The fraction of sp³-hybridized carbons (Fsp3) is 0.714. The molecule has 28 heavy (non-hydrogen) atoms. The molecule has 2 saturated heterocycles. The van der Waals surface area contributed by atoms with Gasteiger partial charge in [-0.25, -0.2) is 9.97 Å². The molecule has 3 aliphatic rings. The van der Waals surface area contributed by atoms with E-state index in [0.29, 0.717) is 25.4 Å². The Morgan fingerprint density at radius 2 is 2.04 bits per heavy atom. The number of piperidine rings is 1. The molecule has 0 aliphatic carbocycles. The van der Waals surface area contributed by atoms with E-state index in [1.54, 1.807) is 0 Å². The normalized spacial score (nSPS) is 25.5. The van der Waals surface area contributed by atoms with E-state index in [9.17, 15) is 9.59 Å². The molecule has 152 valence electrons. The van der Waals surface area contributed by atoms with Crippen molar-refractivity contribution in [1.82, 2.24) is 19.8 Å². The van der Waals surface area contributed by atoms with Gasteiger partial charge in [0.1, 0.15) is 11.4 Å². The quantitative estimate of drug-likeness (QED) is 0.739. The number of amides is 1. The van der Waals surface area contributed by atoms with E-state index in [0.717, 1.165) is 38.2 Å². The van der Waals surface area contributed by atoms with E-state index in [1.807, 2.05) is 24.9 Å². The van der Waals surface area contributed by atoms with Gasteiger partial charge < -0.3 is 14.5 Å². The van der Waals surface area contributed by atoms with Crippen LogP contribution in [0.2, 0.25) is 0 Å². The molecule has 0 saturated carbocycles. The second kappa shape index (κ2) is 7.43. The minimum absolute atomic E-state index is 0.0625. The lowest BCUT2D eigenvalue weighted by Crippen LogP contribution is -2.39. The second-order valence-electron chi connectivity index (χ2n) is 9.13. The molecule has 2 fully saturated rings. The molecule has 4 heterocycles. The number of cyclic esters (lactones) is 1. The summed E-state index contributed by atoms with van der Waals surface area (Å²) in [7, 11) is 2.12. The maximum atomic E-state index is 12.7. The van der Waals surface area contributed by atoms with E-state index in [1.165, 1.54) is 11.3 Å². The number of likely N-dealkylation sites (tertiary alicyclic amines) is 1. The highest BCUT2D eigenvalue weighted by atomic mass is 16.6. The van der Waals surface area contributed by atoms with Crippen LogP contribution in [0.5, 0.6) is 0 Å². The number of carbonyl (C=O) groups excluding carboxylic acids is 2. The number of carbonyl (C=O) groups is 2. The van der Waals surface area contributed by atoms with E-state index < -0.39 is 5.60 Å². The molecule has 1 atom stereocenters. The van der Waals surface area contributed by atoms with Gasteiger partial charge in [0.2, 0.25) is 5.91 Å². The summed E-state index contributed by atoms with van der Waals surface area (Å²) in [5.74, 6) is 0.761. The van der Waals surface area contributed by atoms with Crippen molar-refractivity contribution in [3.8, 4) is 0 Å². The van der Waals surface area contributed by atoms with Gasteiger partial charge in [0.05, 0.1) is 5.92 Å². The number of nitrogens with zero attached hydrogens (tertiary/aromatic N) is 4. The van der Waals surface area contributed by atoms with Crippen LogP contribution >= 0.6 is 0 Å². The van der Waals surface area contributed by atoms with Crippen LogP contribution in [0.25, 0.3) is 0 Å². The first-order valence-corrected chi connectivity index (χ1v) is 10.3. The Morgan fingerprint density at radius 3 is 2.71 bits per heavy atom. The molecule has 1 aromatic rings. The van der Waals surface area contributed by atoms with Crippen LogP contribution in [0.3, 0.4) is 0 Å². The van der Waals surface area contributed by atoms with Crippen molar-refractivity contribution >= 4 is 11.9 Å². The van der Waals surface area contributed by atoms with Gasteiger partial charge >= 0.3 is 5.97 Å². The number of ether oxygens (including phenoxy) is 1. The smallest absolute Gasteiger partial charge is 0.310 e. The molecule has 7 heteroatoms. The third kappa shape index (κ3) is 4.04. The first-order valence-electron chi connectivity index (χ1n) is 10.3. The fourth-order valence-corrected chi connectivity index (χ4v) is 4.63. The van der Waals surface area contributed by atoms with Crippen LogP contribution < -0.4 is 0 Å². The minimum Gasteiger partial charge on any atom is -0.459 e. The lowest BCUT2D eigenvalue weighted by Gasteiger charge is -2.32. The monoisotopic (exact) mass is 386 g/mol. The summed E-state index contributed by atoms with van der Waals surface area (Å²) in [5.41, 5.74) is 1.97. The molecule has 1 aromatic heterocycles. The number of rotatable bonds is 3. The van der Waals surface area contributed by atoms with Crippen LogP contribution in [0.15, 0.2) is 6.20 Å². The summed E-state index contributed by atoms with van der Waals surface area (Å²) in [4.78, 5) is 38.3. The first kappa shape index (κ1) is 19.3. The number of hydrogen-bond acceptors (Lipinski definition) is 6. The highest BCUT2D eigenvalue weighted by Crippen LogP contribution is 2.33. The molecule has 0 spiro atoms. The summed E-state index contributed by atoms with van der Waals surface area (Å²) in [6, 6.07) is 0. The summed E-state index contributed by atoms with van der Waals surface area (Å²) in [5, 5.41) is 0. The number of fused-ring (bicyclic) bond motifs is 1. The standard InChI is InChI=1S/C21H30N4O3/c1-21(2)11-15(20(27)28-21)10-18(26)25-8-4-14(5-9-25)19-22-12-16-13-24(3)7-6-17(16)23-19/h12,14-15H,4-11,13H2,1-3H3/t15-/m0/s1. The Bertz CT molecular complexity index is 771. The fourth-order valence-electron chi connectivity index (χ4n) is 4.63. The van der Waals surface area contributed by atoms with E-state index in [4.69, 9.17) is 9.72 Å². The van der Waals surface area contributed by atoms with Crippen molar-refractivity contribution < 1.29 is 14.3 Å². The molecule has 0 unspecified atom stereocenters. The van der Waals surface area contributed by atoms with Crippen molar-refractivity contribution in [3.63, 3.8) is 0 Å². The minimum atomic E-state index is -0.451. The number of hydrogen-bond donors (Lipinski definition) is 0. The van der Waals surface area contributed by atoms with Crippen LogP contribution in [0, 0.1) is 5.92 Å². The Hall–Kier alpha value is -2.02. The van der Waals surface area contributed by atoms with Crippen LogP contribution in [-0.2, 0) is 27.3 Å². The van der Waals surface area contributed by atoms with E-state index in [-0.39, 0.29) is 24.2 Å². The van der Waals surface area contributed by atoms with E-state index >= 15 is 0 Å². The largest absolute Gasteiger partial charge is 0.459 e. The van der Waals surface area contributed by atoms with Crippen molar-refractivity contribution in [2.24, 2.45) is 5.92 Å². The first-order chi connectivity index (χ1) is 13.3. The van der Waals surface area contributed by atoms with Crippen molar-refractivity contribution in [1.29, 1.82) is 0 Å². The average Bonchev–Trinajstić information content (AvgIpc) is 2.92. The zero-order valence-corrected chi connectivity index (χ0v) is 17.1. The van der Waals surface area contributed by atoms with Gasteiger partial charge in [0.15, 0.2) is 0 Å². The lowest BCUT2D eigenvalue weighted by atomic mass is 9.92. The van der Waals surface area contributed by atoms with E-state index in [2.05, 4.69) is 16.9 Å². The zero-order valence-electron chi connectivity index (χ0n) is 17.1. The zero-order chi connectivity index (χ0) is 19.9. The molecule has 1 amide bonds. The van der Waals surface area contributed by atoms with Crippen molar-refractivity contribution in [2.75, 3.05) is 26.7 Å². The Labute approximate surface area is 166 Å². The van der Waals surface area contributed by atoms with Gasteiger partial charge in [0, 0.05) is 68.8 Å². The van der Waals surface area contributed by atoms with Crippen molar-refractivity contribution in [3.05, 3.63) is 23.3 Å². The topological polar surface area (TPSA) is 75.6 Å². The van der Waals surface area contributed by atoms with Gasteiger partial charge in [-0.1, -0.05) is 0 Å². The SMILES string of the molecule is CN1CCc2nc(C3CCN(C(=O)C[C@H]4CC(C)(C)OC4=O)CC3)ncc2C1. The predicted molar refractivity (Wildman–Crippen MR) is 104 cm³/mol. The molecular formula is C21H30N4O3. The molecule has 0 aromatic carbocycles. The molecule has 0 bridgehead atoms. The Kier molecular flexibility index (Phi) is 5.12. The van der Waals surface area contributed by atoms with Crippen LogP contribution in [0.1, 0.15) is 62.5 Å². The molecule has 3 aliphatic heterocycles. The third-order valence-corrected chi connectivity index (χ3v) is 6.23. The molecule has 0 radical (unpaired) electrons. The maximum Gasteiger partial charge on any atom is 0.310 e. The van der Waals surface area contributed by atoms with Gasteiger partial charge in [-0.05, 0) is 33.7 Å². The number of aromatic nitrogens is 2. The van der Waals surface area contributed by atoms with Gasteiger partial charge in [-0.2, -0.15) is 0 Å². The Morgan fingerprint density at radius 1 is 1.29 bits per heavy atom. The van der Waals surface area contributed by atoms with Gasteiger partial charge in [-0.3, -0.25) is 9.59 Å². The predicted octanol–water partition coefficient (Wildman–Crippen LogP) is 1.90. The molecule has 0 N–H and O–H groups in total. The molecule has 4 rings (SSSR count). The van der Waals surface area contributed by atoms with Crippen LogP contribution in [0.4, 0.5) is 0 Å². The van der Waals surface area contributed by atoms with Gasteiger partial charge in [0.25, 0.3) is 0 Å². The number of esters is 1. The molecular weight excluding hydrogens is 356 g/mol. The molecule has 7 nitrogen and oxygen atoms in total. The lowest BCUT2D eigenvalue weighted by molar-refractivity contribution is -0.150. The van der Waals surface area contributed by atoms with Crippen molar-refractivity contribution in [2.45, 2.75) is 64.0 Å². The summed E-state index contributed by atoms with van der Waals surface area (Å²) < 4.78 is 5.35. The third-order valence-electron chi connectivity index (χ3n) is 6.23. The summed E-state index contributed by atoms with van der Waals surface area (Å²) in [6.07, 6.45) is 5.60. The Balaban J connectivity index is 1.32. The average molecular weight is 386 g/mol. The maximum absolute atomic E-state index is 12.7.